The summed E-state index contributed by atoms with van der Waals surface area (Å²) in [5.41, 5.74) is 1.58. The Bertz CT molecular complexity index is 1530. The van der Waals surface area contributed by atoms with Crippen molar-refractivity contribution in [2.24, 2.45) is 0 Å². The van der Waals surface area contributed by atoms with Crippen LogP contribution in [0.25, 0.3) is 39.5 Å². The van der Waals surface area contributed by atoms with Crippen molar-refractivity contribution in [2.45, 2.75) is 0 Å². The van der Waals surface area contributed by atoms with E-state index in [9.17, 15) is 8.42 Å². The summed E-state index contributed by atoms with van der Waals surface area (Å²) in [7, 11) is -3.57. The Morgan fingerprint density at radius 1 is 0.781 bits per heavy atom. The van der Waals surface area contributed by atoms with Crippen molar-refractivity contribution >= 4 is 26.7 Å². The monoisotopic (exact) mass is 443 g/mol. The minimum Gasteiger partial charge on any atom is -0.251 e. The summed E-state index contributed by atoms with van der Waals surface area (Å²) in [6.45, 7) is 0. The third-order valence-corrected chi connectivity index (χ3v) is 5.23. The molecule has 0 radical (unpaired) electrons. The van der Waals surface area contributed by atoms with Crippen molar-refractivity contribution in [3.05, 3.63) is 79.1 Å². The Hall–Kier alpha value is -4.18. The minimum absolute atomic E-state index is 0.0119. The molecule has 0 saturated carbocycles. The van der Waals surface area contributed by atoms with E-state index in [0.29, 0.717) is 11.6 Å². The Labute approximate surface area is 183 Å². The summed E-state index contributed by atoms with van der Waals surface area (Å²) < 4.78 is 27.0. The first-order chi connectivity index (χ1) is 15.5. The molecule has 0 fully saturated rings. The Morgan fingerprint density at radius 2 is 1.47 bits per heavy atom. The molecule has 5 aromatic rings. The number of sulfonamides is 1. The van der Waals surface area contributed by atoms with Crippen LogP contribution in [0.2, 0.25) is 0 Å². The smallest absolute Gasteiger partial charge is 0.251 e. The van der Waals surface area contributed by atoms with E-state index in [1.807, 2.05) is 72.8 Å². The molecule has 0 aliphatic rings. The van der Waals surface area contributed by atoms with E-state index in [4.69, 9.17) is 0 Å². The Kier molecular flexibility index (Phi) is 4.83. The summed E-state index contributed by atoms with van der Waals surface area (Å²) in [5.74, 6) is 0.993. The number of fused-ring (bicyclic) bond motifs is 1. The van der Waals surface area contributed by atoms with E-state index in [-0.39, 0.29) is 11.9 Å². The van der Waals surface area contributed by atoms with E-state index in [2.05, 4.69) is 29.8 Å². The van der Waals surface area contributed by atoms with Crippen molar-refractivity contribution in [1.29, 1.82) is 0 Å². The summed E-state index contributed by atoms with van der Waals surface area (Å²) in [6, 6.07) is 23.4. The lowest BCUT2D eigenvalue weighted by Gasteiger charge is -2.10. The SMILES string of the molecule is CS(=O)(=O)Nc1ncnn1-c1nc(-c2ccccc2)nc(-c2ccc3ccccc3c2)n1. The molecule has 0 saturated heterocycles. The predicted octanol–water partition coefficient (Wildman–Crippen LogP) is 3.31. The first-order valence-electron chi connectivity index (χ1n) is 9.65. The third-order valence-electron chi connectivity index (χ3n) is 4.68. The molecule has 3 aromatic carbocycles. The second-order valence-corrected chi connectivity index (χ2v) is 8.83. The lowest BCUT2D eigenvalue weighted by Crippen LogP contribution is -2.16. The van der Waals surface area contributed by atoms with E-state index in [1.54, 1.807) is 0 Å². The fraction of sp³-hybridized carbons (Fsp3) is 0.0455. The maximum atomic E-state index is 11.7. The molecular weight excluding hydrogens is 426 g/mol. The molecule has 158 valence electrons. The van der Waals surface area contributed by atoms with Crippen molar-refractivity contribution < 1.29 is 8.42 Å². The zero-order valence-electron chi connectivity index (χ0n) is 16.9. The lowest BCUT2D eigenvalue weighted by atomic mass is 10.1. The van der Waals surface area contributed by atoms with Crippen LogP contribution in [-0.4, -0.2) is 44.4 Å². The second kappa shape index (κ2) is 7.82. The van der Waals surface area contributed by atoms with Gasteiger partial charge in [-0.1, -0.05) is 66.7 Å². The number of anilines is 1. The van der Waals surface area contributed by atoms with E-state index in [1.165, 1.54) is 11.0 Å². The molecule has 1 N–H and O–H groups in total. The number of benzene rings is 3. The highest BCUT2D eigenvalue weighted by Crippen LogP contribution is 2.25. The molecule has 32 heavy (non-hydrogen) atoms. The number of hydrogen-bond donors (Lipinski definition) is 1. The summed E-state index contributed by atoms with van der Waals surface area (Å²) >= 11 is 0. The van der Waals surface area contributed by atoms with Gasteiger partial charge in [-0.25, -0.2) is 13.4 Å². The van der Waals surface area contributed by atoms with Gasteiger partial charge in [0.25, 0.3) is 5.95 Å². The average molecular weight is 443 g/mol. The first kappa shape index (κ1) is 19.8. The second-order valence-electron chi connectivity index (χ2n) is 7.08. The molecular formula is C22H17N7O2S. The van der Waals surface area contributed by atoms with Crippen molar-refractivity contribution in [3.8, 4) is 28.7 Å². The number of nitrogens with one attached hydrogen (secondary N) is 1. The number of rotatable bonds is 5. The van der Waals surface area contributed by atoms with Gasteiger partial charge in [-0.15, -0.1) is 0 Å². The predicted molar refractivity (Wildman–Crippen MR) is 122 cm³/mol. The molecule has 0 amide bonds. The normalized spacial score (nSPS) is 11.5. The Morgan fingerprint density at radius 3 is 2.22 bits per heavy atom. The molecule has 9 nitrogen and oxygen atoms in total. The molecule has 0 aliphatic carbocycles. The van der Waals surface area contributed by atoms with Crippen molar-refractivity contribution in [3.63, 3.8) is 0 Å². The van der Waals surface area contributed by atoms with Crippen LogP contribution in [0, 0.1) is 0 Å². The van der Waals surface area contributed by atoms with Gasteiger partial charge in [-0.2, -0.15) is 24.7 Å². The van der Waals surface area contributed by atoms with Crippen LogP contribution in [0.3, 0.4) is 0 Å². The highest BCUT2D eigenvalue weighted by Gasteiger charge is 2.17. The number of aromatic nitrogens is 6. The zero-order chi connectivity index (χ0) is 22.1. The maximum Gasteiger partial charge on any atom is 0.257 e. The summed E-state index contributed by atoms with van der Waals surface area (Å²) in [5, 5.41) is 6.27. The van der Waals surface area contributed by atoms with E-state index in [0.717, 1.165) is 28.2 Å². The van der Waals surface area contributed by atoms with Crippen molar-refractivity contribution in [1.82, 2.24) is 29.7 Å². The van der Waals surface area contributed by atoms with E-state index < -0.39 is 10.0 Å². The van der Waals surface area contributed by atoms with Gasteiger partial charge in [-0.05, 0) is 16.8 Å². The third kappa shape index (κ3) is 4.03. The van der Waals surface area contributed by atoms with Gasteiger partial charge < -0.3 is 0 Å². The first-order valence-corrected chi connectivity index (χ1v) is 11.5. The van der Waals surface area contributed by atoms with Gasteiger partial charge >= 0.3 is 0 Å². The minimum atomic E-state index is -3.57. The van der Waals surface area contributed by atoms with Crippen LogP contribution in [-0.2, 0) is 10.0 Å². The molecule has 10 heteroatoms. The van der Waals surface area contributed by atoms with Crippen LogP contribution < -0.4 is 4.72 Å². The molecule has 2 heterocycles. The lowest BCUT2D eigenvalue weighted by molar-refractivity contribution is 0.606. The maximum absolute atomic E-state index is 11.7. The number of nitrogens with zero attached hydrogens (tertiary/aromatic N) is 6. The fourth-order valence-electron chi connectivity index (χ4n) is 3.26. The molecule has 0 aliphatic heterocycles. The fourth-order valence-corrected chi connectivity index (χ4v) is 3.73. The molecule has 2 aromatic heterocycles. The molecule has 0 spiro atoms. The van der Waals surface area contributed by atoms with Crippen LogP contribution in [0.15, 0.2) is 79.1 Å². The standard InChI is InChI=1S/C22H17N7O2S/c1-32(30,31)28-21-23-14-24-29(21)22-26-19(16-8-3-2-4-9-16)25-20(27-22)18-12-11-15-7-5-6-10-17(15)13-18/h2-14H,1H3,(H,23,24,28). The van der Waals surface area contributed by atoms with Gasteiger partial charge in [0.15, 0.2) is 11.6 Å². The summed E-state index contributed by atoms with van der Waals surface area (Å²) in [4.78, 5) is 17.8. The van der Waals surface area contributed by atoms with Crippen LogP contribution in [0.5, 0.6) is 0 Å². The summed E-state index contributed by atoms with van der Waals surface area (Å²) in [6.07, 6.45) is 2.27. The van der Waals surface area contributed by atoms with Crippen LogP contribution in [0.4, 0.5) is 5.95 Å². The van der Waals surface area contributed by atoms with Gasteiger partial charge in [0.2, 0.25) is 16.0 Å². The zero-order valence-corrected chi connectivity index (χ0v) is 17.7. The molecule has 5 rings (SSSR count). The van der Waals surface area contributed by atoms with Gasteiger partial charge in [-0.3, -0.25) is 4.72 Å². The average Bonchev–Trinajstić information content (AvgIpc) is 3.25. The quantitative estimate of drug-likeness (QED) is 0.443. The molecule has 0 bridgehead atoms. The molecule has 0 unspecified atom stereocenters. The van der Waals surface area contributed by atoms with Gasteiger partial charge in [0, 0.05) is 11.1 Å². The van der Waals surface area contributed by atoms with Crippen LogP contribution >= 0.6 is 0 Å². The van der Waals surface area contributed by atoms with Gasteiger partial charge in [0.1, 0.15) is 6.33 Å². The molecule has 0 atom stereocenters. The number of hydrogen-bond acceptors (Lipinski definition) is 7. The van der Waals surface area contributed by atoms with E-state index >= 15 is 0 Å². The largest absolute Gasteiger partial charge is 0.257 e. The highest BCUT2D eigenvalue weighted by molar-refractivity contribution is 7.92. The highest BCUT2D eigenvalue weighted by atomic mass is 32.2. The van der Waals surface area contributed by atoms with Crippen LogP contribution in [0.1, 0.15) is 0 Å². The van der Waals surface area contributed by atoms with Gasteiger partial charge in [0.05, 0.1) is 6.26 Å². The topological polar surface area (TPSA) is 116 Å². The van der Waals surface area contributed by atoms with Crippen molar-refractivity contribution in [2.75, 3.05) is 11.0 Å². The Balaban J connectivity index is 1.70.